The summed E-state index contributed by atoms with van der Waals surface area (Å²) in [4.78, 5) is 12.9. The van der Waals surface area contributed by atoms with E-state index in [1.807, 2.05) is 31.2 Å². The third-order valence-corrected chi connectivity index (χ3v) is 3.62. The summed E-state index contributed by atoms with van der Waals surface area (Å²) >= 11 is 0. The number of pyridine rings is 3. The van der Waals surface area contributed by atoms with E-state index >= 15 is 0 Å². The maximum atomic E-state index is 14.6. The molecule has 22 heavy (non-hydrogen) atoms. The average Bonchev–Trinajstić information content (AvgIpc) is 2.56. The highest BCUT2D eigenvalue weighted by molar-refractivity contribution is 5.88. The van der Waals surface area contributed by atoms with Crippen molar-refractivity contribution in [1.29, 1.82) is 0 Å². The Labute approximate surface area is 128 Å². The zero-order valence-corrected chi connectivity index (χ0v) is 12.5. The summed E-state index contributed by atoms with van der Waals surface area (Å²) in [6.07, 6.45) is 4.17. The largest absolute Gasteiger partial charge is 0.372 e. The van der Waals surface area contributed by atoms with E-state index in [9.17, 15) is 4.39 Å². The summed E-state index contributed by atoms with van der Waals surface area (Å²) in [6.45, 7) is 3.70. The molecule has 0 bridgehead atoms. The van der Waals surface area contributed by atoms with E-state index in [0.717, 1.165) is 12.1 Å². The fourth-order valence-corrected chi connectivity index (χ4v) is 2.47. The van der Waals surface area contributed by atoms with Crippen LogP contribution in [0.3, 0.4) is 0 Å². The van der Waals surface area contributed by atoms with Gasteiger partial charge in [-0.3, -0.25) is 9.97 Å². The molecule has 1 N–H and O–H groups in total. The summed E-state index contributed by atoms with van der Waals surface area (Å²) in [5, 5.41) is 3.26. The molecule has 0 unspecified atom stereocenters. The average molecular weight is 296 g/mol. The van der Waals surface area contributed by atoms with Gasteiger partial charge < -0.3 is 5.32 Å². The van der Waals surface area contributed by atoms with Crippen LogP contribution in [0.15, 0.2) is 42.7 Å². The Hall–Kier alpha value is -2.56. The lowest BCUT2D eigenvalue weighted by Gasteiger charge is -2.19. The fourth-order valence-electron chi connectivity index (χ4n) is 2.47. The van der Waals surface area contributed by atoms with E-state index in [1.165, 1.54) is 0 Å². The summed E-state index contributed by atoms with van der Waals surface area (Å²) in [6, 6.07) is 9.28. The minimum atomic E-state index is -0.361. The molecule has 0 aromatic carbocycles. The molecule has 1 atom stereocenters. The van der Waals surface area contributed by atoms with Crippen LogP contribution >= 0.6 is 0 Å². The Morgan fingerprint density at radius 2 is 1.95 bits per heavy atom. The highest BCUT2D eigenvalue weighted by Crippen LogP contribution is 2.29. The summed E-state index contributed by atoms with van der Waals surface area (Å²) < 4.78 is 14.6. The lowest BCUT2D eigenvalue weighted by atomic mass is 10.1. The molecule has 0 aliphatic heterocycles. The maximum Gasteiger partial charge on any atom is 0.169 e. The minimum Gasteiger partial charge on any atom is -0.372 e. The number of aryl methyl sites for hydroxylation is 1. The molecule has 0 aliphatic rings. The molecule has 4 nitrogen and oxygen atoms in total. The van der Waals surface area contributed by atoms with E-state index in [0.29, 0.717) is 22.4 Å². The van der Waals surface area contributed by atoms with Gasteiger partial charge in [0.25, 0.3) is 0 Å². The van der Waals surface area contributed by atoms with Crippen LogP contribution in [0.25, 0.3) is 11.0 Å². The van der Waals surface area contributed by atoms with E-state index in [2.05, 4.69) is 20.3 Å². The van der Waals surface area contributed by atoms with Crippen LogP contribution in [0.5, 0.6) is 0 Å². The summed E-state index contributed by atoms with van der Waals surface area (Å²) in [5.41, 5.74) is 2.85. The van der Waals surface area contributed by atoms with E-state index < -0.39 is 0 Å². The van der Waals surface area contributed by atoms with Crippen molar-refractivity contribution >= 4 is 16.7 Å². The van der Waals surface area contributed by atoms with Gasteiger partial charge in [0.1, 0.15) is 11.2 Å². The Balaban J connectivity index is 2.08. The van der Waals surface area contributed by atoms with Crippen molar-refractivity contribution in [2.75, 3.05) is 5.32 Å². The number of hydrogen-bond donors (Lipinski definition) is 1. The van der Waals surface area contributed by atoms with Crippen molar-refractivity contribution in [3.8, 4) is 0 Å². The Bertz CT molecular complexity index is 789. The van der Waals surface area contributed by atoms with Crippen molar-refractivity contribution in [3.05, 3.63) is 59.9 Å². The van der Waals surface area contributed by atoms with Crippen LogP contribution < -0.4 is 5.32 Å². The number of fused-ring (bicyclic) bond motifs is 1. The lowest BCUT2D eigenvalue weighted by molar-refractivity contribution is 0.608. The van der Waals surface area contributed by atoms with Crippen molar-refractivity contribution < 1.29 is 4.39 Å². The molecule has 0 spiro atoms. The molecule has 3 heterocycles. The first-order valence-corrected chi connectivity index (χ1v) is 7.29. The minimum absolute atomic E-state index is 0.0808. The van der Waals surface area contributed by atoms with Gasteiger partial charge in [0.15, 0.2) is 5.82 Å². The van der Waals surface area contributed by atoms with Gasteiger partial charge in [-0.1, -0.05) is 13.0 Å². The number of aromatic nitrogens is 3. The molecule has 3 aromatic rings. The molecular formula is C17H17FN4. The zero-order chi connectivity index (χ0) is 15.5. The highest BCUT2D eigenvalue weighted by Gasteiger charge is 2.18. The van der Waals surface area contributed by atoms with Crippen LogP contribution in [-0.4, -0.2) is 15.0 Å². The monoisotopic (exact) mass is 296 g/mol. The second-order valence-corrected chi connectivity index (χ2v) is 5.12. The standard InChI is InChI=1S/C17H17FN4/c1-3-12(13-7-4-5-9-19-13)22-17-15(18)11(2)21-14-8-6-10-20-16(14)17/h4-10,12H,3H2,1-2H3,(H,21,22)/t12-/m1/s1. The van der Waals surface area contributed by atoms with Gasteiger partial charge in [-0.15, -0.1) is 0 Å². The summed E-state index contributed by atoms with van der Waals surface area (Å²) in [5.74, 6) is -0.361. The SMILES string of the molecule is CC[C@@H](Nc1c(F)c(C)nc2cccnc12)c1ccccn1. The third kappa shape index (κ3) is 2.62. The quantitative estimate of drug-likeness (QED) is 0.789. The van der Waals surface area contributed by atoms with Gasteiger partial charge in [-0.2, -0.15) is 0 Å². The van der Waals surface area contributed by atoms with Gasteiger partial charge in [0, 0.05) is 12.4 Å². The molecule has 0 saturated heterocycles. The van der Waals surface area contributed by atoms with E-state index in [-0.39, 0.29) is 11.9 Å². The number of anilines is 1. The van der Waals surface area contributed by atoms with Crippen molar-refractivity contribution in [1.82, 2.24) is 15.0 Å². The number of nitrogens with one attached hydrogen (secondary N) is 1. The van der Waals surface area contributed by atoms with Gasteiger partial charge in [0.05, 0.1) is 22.9 Å². The molecule has 5 heteroatoms. The van der Waals surface area contributed by atoms with Crippen LogP contribution in [0.2, 0.25) is 0 Å². The molecule has 0 aliphatic carbocycles. The van der Waals surface area contributed by atoms with Crippen LogP contribution in [0.4, 0.5) is 10.1 Å². The fraction of sp³-hybridized carbons (Fsp3) is 0.235. The van der Waals surface area contributed by atoms with E-state index in [4.69, 9.17) is 0 Å². The smallest absolute Gasteiger partial charge is 0.169 e. The van der Waals surface area contributed by atoms with Gasteiger partial charge in [-0.05, 0) is 37.6 Å². The maximum absolute atomic E-state index is 14.6. The molecule has 3 rings (SSSR count). The molecule has 0 radical (unpaired) electrons. The molecule has 0 saturated carbocycles. The van der Waals surface area contributed by atoms with Gasteiger partial charge >= 0.3 is 0 Å². The Morgan fingerprint density at radius 3 is 2.68 bits per heavy atom. The topological polar surface area (TPSA) is 50.7 Å². The van der Waals surface area contributed by atoms with E-state index in [1.54, 1.807) is 25.4 Å². The molecule has 0 fully saturated rings. The van der Waals surface area contributed by atoms with Gasteiger partial charge in [0.2, 0.25) is 0 Å². The first-order valence-electron chi connectivity index (χ1n) is 7.29. The van der Waals surface area contributed by atoms with Crippen LogP contribution in [-0.2, 0) is 0 Å². The third-order valence-electron chi connectivity index (χ3n) is 3.62. The number of hydrogen-bond acceptors (Lipinski definition) is 4. The number of halogens is 1. The van der Waals surface area contributed by atoms with Crippen molar-refractivity contribution in [2.24, 2.45) is 0 Å². The summed E-state index contributed by atoms with van der Waals surface area (Å²) in [7, 11) is 0. The second kappa shape index (κ2) is 6.05. The molecule has 112 valence electrons. The predicted octanol–water partition coefficient (Wildman–Crippen LogP) is 4.04. The first-order chi connectivity index (χ1) is 10.7. The number of rotatable bonds is 4. The second-order valence-electron chi connectivity index (χ2n) is 5.12. The normalized spacial score (nSPS) is 12.3. The van der Waals surface area contributed by atoms with Crippen LogP contribution in [0, 0.1) is 12.7 Å². The zero-order valence-electron chi connectivity index (χ0n) is 12.5. The van der Waals surface area contributed by atoms with Gasteiger partial charge in [-0.25, -0.2) is 9.37 Å². The molecule has 3 aromatic heterocycles. The number of nitrogens with zero attached hydrogens (tertiary/aromatic N) is 3. The first kappa shape index (κ1) is 14.4. The van der Waals surface area contributed by atoms with Crippen molar-refractivity contribution in [2.45, 2.75) is 26.3 Å². The molecular weight excluding hydrogens is 279 g/mol. The van der Waals surface area contributed by atoms with Crippen LogP contribution in [0.1, 0.15) is 30.8 Å². The Kier molecular flexibility index (Phi) is 3.96. The lowest BCUT2D eigenvalue weighted by Crippen LogP contribution is -2.13. The van der Waals surface area contributed by atoms with Crippen molar-refractivity contribution in [3.63, 3.8) is 0 Å². The highest BCUT2D eigenvalue weighted by atomic mass is 19.1. The predicted molar refractivity (Wildman–Crippen MR) is 85.1 cm³/mol. The Morgan fingerprint density at radius 1 is 1.14 bits per heavy atom. The molecule has 0 amide bonds.